The van der Waals surface area contributed by atoms with Gasteiger partial charge in [-0.2, -0.15) is 0 Å². The smallest absolute Gasteiger partial charge is 0.122 e. The third-order valence-corrected chi connectivity index (χ3v) is 4.08. The second-order valence-corrected chi connectivity index (χ2v) is 4.74. The molecule has 3 rings (SSSR count). The minimum Gasteiger partial charge on any atom is -0.333 e. The van der Waals surface area contributed by atoms with E-state index in [0.717, 1.165) is 26.2 Å². The van der Waals surface area contributed by atoms with Gasteiger partial charge in [0.25, 0.3) is 0 Å². The maximum absolute atomic E-state index is 5.93. The van der Waals surface area contributed by atoms with Crippen molar-refractivity contribution in [1.29, 1.82) is 0 Å². The molecule has 0 saturated heterocycles. The van der Waals surface area contributed by atoms with E-state index in [2.05, 4.69) is 20.6 Å². The predicted molar refractivity (Wildman–Crippen MR) is 58.3 cm³/mol. The van der Waals surface area contributed by atoms with Crippen molar-refractivity contribution in [3.8, 4) is 0 Å². The highest BCUT2D eigenvalue weighted by Gasteiger charge is 2.42. The SMILES string of the molecule is NCC1(N2CCn3ccnc3C2)CCC1. The molecule has 1 saturated carbocycles. The van der Waals surface area contributed by atoms with Crippen LogP contribution in [0.25, 0.3) is 0 Å². The second kappa shape index (κ2) is 3.32. The summed E-state index contributed by atoms with van der Waals surface area (Å²) in [6.45, 7) is 3.97. The van der Waals surface area contributed by atoms with Crippen LogP contribution in [0.15, 0.2) is 12.4 Å². The Balaban J connectivity index is 1.80. The number of fused-ring (bicyclic) bond motifs is 1. The van der Waals surface area contributed by atoms with Crippen LogP contribution in [0.1, 0.15) is 25.1 Å². The molecule has 0 spiro atoms. The molecule has 2 heterocycles. The van der Waals surface area contributed by atoms with E-state index < -0.39 is 0 Å². The molecule has 0 bridgehead atoms. The quantitative estimate of drug-likeness (QED) is 0.770. The van der Waals surface area contributed by atoms with Crippen LogP contribution in [-0.2, 0) is 13.1 Å². The minimum absolute atomic E-state index is 0.303. The maximum atomic E-state index is 5.93. The lowest BCUT2D eigenvalue weighted by Crippen LogP contribution is -2.59. The van der Waals surface area contributed by atoms with Gasteiger partial charge in [0.15, 0.2) is 0 Å². The molecule has 4 nitrogen and oxygen atoms in total. The summed E-state index contributed by atoms with van der Waals surface area (Å²) >= 11 is 0. The molecule has 0 unspecified atom stereocenters. The molecule has 0 aromatic carbocycles. The summed E-state index contributed by atoms with van der Waals surface area (Å²) < 4.78 is 2.25. The number of rotatable bonds is 2. The van der Waals surface area contributed by atoms with Crippen molar-refractivity contribution in [2.45, 2.75) is 37.9 Å². The third kappa shape index (κ3) is 1.32. The molecule has 1 aliphatic carbocycles. The molecule has 2 aliphatic rings. The van der Waals surface area contributed by atoms with E-state index in [9.17, 15) is 0 Å². The topological polar surface area (TPSA) is 47.1 Å². The molecule has 0 atom stereocenters. The van der Waals surface area contributed by atoms with Crippen LogP contribution in [0.5, 0.6) is 0 Å². The van der Waals surface area contributed by atoms with Crippen molar-refractivity contribution in [2.75, 3.05) is 13.1 Å². The lowest BCUT2D eigenvalue weighted by atomic mass is 9.75. The monoisotopic (exact) mass is 206 g/mol. The normalized spacial score (nSPS) is 24.6. The van der Waals surface area contributed by atoms with E-state index in [-0.39, 0.29) is 0 Å². The molecule has 1 aromatic heterocycles. The van der Waals surface area contributed by atoms with Gasteiger partial charge in [-0.15, -0.1) is 0 Å². The molecular formula is C11H18N4. The van der Waals surface area contributed by atoms with Gasteiger partial charge in [-0.25, -0.2) is 4.98 Å². The Kier molecular flexibility index (Phi) is 2.07. The van der Waals surface area contributed by atoms with Gasteiger partial charge in [-0.05, 0) is 19.3 Å². The summed E-state index contributed by atoms with van der Waals surface area (Å²) in [6, 6.07) is 0. The van der Waals surface area contributed by atoms with Crippen LogP contribution in [-0.4, -0.2) is 33.1 Å². The van der Waals surface area contributed by atoms with Gasteiger partial charge in [0, 0.05) is 37.6 Å². The molecule has 1 fully saturated rings. The van der Waals surface area contributed by atoms with Gasteiger partial charge in [0.1, 0.15) is 5.82 Å². The highest BCUT2D eigenvalue weighted by molar-refractivity contribution is 5.04. The second-order valence-electron chi connectivity index (χ2n) is 4.74. The van der Waals surface area contributed by atoms with Crippen molar-refractivity contribution in [3.63, 3.8) is 0 Å². The molecule has 2 N–H and O–H groups in total. The first-order valence-electron chi connectivity index (χ1n) is 5.79. The summed E-state index contributed by atoms with van der Waals surface area (Å²) in [5, 5.41) is 0. The number of hydrogen-bond acceptors (Lipinski definition) is 3. The third-order valence-electron chi connectivity index (χ3n) is 4.08. The number of aromatic nitrogens is 2. The molecule has 1 aromatic rings. The Hall–Kier alpha value is -0.870. The van der Waals surface area contributed by atoms with Crippen LogP contribution >= 0.6 is 0 Å². The summed E-state index contributed by atoms with van der Waals surface area (Å²) in [7, 11) is 0. The van der Waals surface area contributed by atoms with Crippen molar-refractivity contribution in [3.05, 3.63) is 18.2 Å². The zero-order valence-electron chi connectivity index (χ0n) is 9.02. The molecule has 4 heteroatoms. The average molecular weight is 206 g/mol. The largest absolute Gasteiger partial charge is 0.333 e. The highest BCUT2D eigenvalue weighted by Crippen LogP contribution is 2.38. The summed E-state index contributed by atoms with van der Waals surface area (Å²) in [6.07, 6.45) is 7.84. The molecule has 0 radical (unpaired) electrons. The van der Waals surface area contributed by atoms with Crippen molar-refractivity contribution in [1.82, 2.24) is 14.5 Å². The molecular weight excluding hydrogens is 188 g/mol. The average Bonchev–Trinajstić information content (AvgIpc) is 2.64. The van der Waals surface area contributed by atoms with E-state index >= 15 is 0 Å². The summed E-state index contributed by atoms with van der Waals surface area (Å²) in [5.74, 6) is 1.20. The molecule has 15 heavy (non-hydrogen) atoms. The maximum Gasteiger partial charge on any atom is 0.122 e. The lowest BCUT2D eigenvalue weighted by molar-refractivity contribution is 0.00162. The van der Waals surface area contributed by atoms with Gasteiger partial charge < -0.3 is 10.3 Å². The Bertz CT molecular complexity index is 348. The number of nitrogens with zero attached hydrogens (tertiary/aromatic N) is 3. The first kappa shape index (κ1) is 9.36. The Labute approximate surface area is 90.1 Å². The number of imidazole rings is 1. The van der Waals surface area contributed by atoms with Gasteiger partial charge in [-0.1, -0.05) is 0 Å². The van der Waals surface area contributed by atoms with E-state index in [0.29, 0.717) is 5.54 Å². The van der Waals surface area contributed by atoms with Crippen LogP contribution in [0.2, 0.25) is 0 Å². The fraction of sp³-hybridized carbons (Fsp3) is 0.727. The number of hydrogen-bond donors (Lipinski definition) is 1. The van der Waals surface area contributed by atoms with E-state index in [4.69, 9.17) is 5.73 Å². The Morgan fingerprint density at radius 2 is 2.27 bits per heavy atom. The van der Waals surface area contributed by atoms with Crippen LogP contribution in [0, 0.1) is 0 Å². The summed E-state index contributed by atoms with van der Waals surface area (Å²) in [5.41, 5.74) is 6.23. The van der Waals surface area contributed by atoms with E-state index in [1.165, 1.54) is 25.1 Å². The number of nitrogens with two attached hydrogens (primary N) is 1. The predicted octanol–water partition coefficient (Wildman–Crippen LogP) is 0.580. The van der Waals surface area contributed by atoms with Crippen molar-refractivity contribution < 1.29 is 0 Å². The van der Waals surface area contributed by atoms with Crippen LogP contribution in [0.3, 0.4) is 0 Å². The minimum atomic E-state index is 0.303. The zero-order valence-corrected chi connectivity index (χ0v) is 9.02. The van der Waals surface area contributed by atoms with Crippen molar-refractivity contribution in [2.24, 2.45) is 5.73 Å². The molecule has 0 amide bonds. The molecule has 1 aliphatic heterocycles. The van der Waals surface area contributed by atoms with E-state index in [1.807, 2.05) is 6.20 Å². The fourth-order valence-electron chi connectivity index (χ4n) is 2.81. The van der Waals surface area contributed by atoms with E-state index in [1.54, 1.807) is 0 Å². The lowest BCUT2D eigenvalue weighted by Gasteiger charge is -2.51. The van der Waals surface area contributed by atoms with Crippen LogP contribution < -0.4 is 5.73 Å². The van der Waals surface area contributed by atoms with Gasteiger partial charge in [0.2, 0.25) is 0 Å². The first-order chi connectivity index (χ1) is 7.34. The molecule has 82 valence electrons. The first-order valence-corrected chi connectivity index (χ1v) is 5.79. The van der Waals surface area contributed by atoms with Gasteiger partial charge in [0.05, 0.1) is 6.54 Å². The van der Waals surface area contributed by atoms with Crippen molar-refractivity contribution >= 4 is 0 Å². The standard InChI is InChI=1S/C11H18N4/c12-9-11(2-1-3-11)15-7-6-14-5-4-13-10(14)8-15/h4-5H,1-3,6-9,12H2. The fourth-order valence-corrected chi connectivity index (χ4v) is 2.81. The highest BCUT2D eigenvalue weighted by atomic mass is 15.3. The van der Waals surface area contributed by atoms with Crippen LogP contribution in [0.4, 0.5) is 0 Å². The Morgan fingerprint density at radius 3 is 2.93 bits per heavy atom. The van der Waals surface area contributed by atoms with Gasteiger partial charge >= 0.3 is 0 Å². The summed E-state index contributed by atoms with van der Waals surface area (Å²) in [4.78, 5) is 6.93. The zero-order chi connectivity index (χ0) is 10.3. The Morgan fingerprint density at radius 1 is 1.40 bits per heavy atom. The van der Waals surface area contributed by atoms with Gasteiger partial charge in [-0.3, -0.25) is 4.90 Å².